The average Bonchev–Trinajstić information content (AvgIpc) is 3.04. The maximum absolute atomic E-state index is 12.4. The molecule has 2 atom stereocenters. The second-order valence-electron chi connectivity index (χ2n) is 6.40. The van der Waals surface area contributed by atoms with Gasteiger partial charge in [-0.2, -0.15) is 4.80 Å². The molecule has 0 unspecified atom stereocenters. The van der Waals surface area contributed by atoms with Crippen molar-refractivity contribution < 1.29 is 4.79 Å². The van der Waals surface area contributed by atoms with E-state index in [0.29, 0.717) is 25.2 Å². The summed E-state index contributed by atoms with van der Waals surface area (Å²) in [7, 11) is 0. The van der Waals surface area contributed by atoms with Crippen molar-refractivity contribution in [3.05, 3.63) is 30.3 Å². The summed E-state index contributed by atoms with van der Waals surface area (Å²) < 4.78 is 0. The van der Waals surface area contributed by atoms with Crippen molar-refractivity contribution in [1.29, 1.82) is 0 Å². The predicted molar refractivity (Wildman–Crippen MR) is 90.9 cm³/mol. The lowest BCUT2D eigenvalue weighted by Gasteiger charge is -2.36. The van der Waals surface area contributed by atoms with Crippen molar-refractivity contribution in [3.8, 4) is 11.4 Å². The number of rotatable bonds is 5. The molecule has 1 fully saturated rings. The summed E-state index contributed by atoms with van der Waals surface area (Å²) >= 11 is 0. The van der Waals surface area contributed by atoms with Gasteiger partial charge in [0, 0.05) is 30.6 Å². The van der Waals surface area contributed by atoms with Gasteiger partial charge in [0.05, 0.1) is 6.54 Å². The molecule has 7 heteroatoms. The number of aryl methyl sites for hydroxylation is 1. The van der Waals surface area contributed by atoms with Gasteiger partial charge in [0.15, 0.2) is 0 Å². The van der Waals surface area contributed by atoms with Crippen LogP contribution in [0.4, 0.5) is 0 Å². The van der Waals surface area contributed by atoms with Crippen LogP contribution in [0.3, 0.4) is 0 Å². The van der Waals surface area contributed by atoms with Crippen molar-refractivity contribution in [2.75, 3.05) is 6.54 Å². The van der Waals surface area contributed by atoms with Gasteiger partial charge >= 0.3 is 0 Å². The SMILES string of the molecule is C[C@H]1C[C@@H](N)CCN1C(=O)CCCn1nnc(-c2ccccc2)n1. The summed E-state index contributed by atoms with van der Waals surface area (Å²) in [5, 5.41) is 12.5. The largest absolute Gasteiger partial charge is 0.340 e. The van der Waals surface area contributed by atoms with E-state index in [9.17, 15) is 4.79 Å². The first-order chi connectivity index (χ1) is 11.6. The molecule has 2 heterocycles. The predicted octanol–water partition coefficient (Wildman–Crippen LogP) is 1.46. The van der Waals surface area contributed by atoms with Crippen molar-refractivity contribution in [2.24, 2.45) is 5.73 Å². The Labute approximate surface area is 141 Å². The molecule has 1 saturated heterocycles. The van der Waals surface area contributed by atoms with Gasteiger partial charge in [-0.05, 0) is 31.4 Å². The fourth-order valence-electron chi connectivity index (χ4n) is 3.14. The van der Waals surface area contributed by atoms with Crippen LogP contribution in [0.25, 0.3) is 11.4 Å². The minimum absolute atomic E-state index is 0.192. The van der Waals surface area contributed by atoms with E-state index in [0.717, 1.165) is 24.9 Å². The van der Waals surface area contributed by atoms with Gasteiger partial charge in [0.2, 0.25) is 11.7 Å². The van der Waals surface area contributed by atoms with E-state index in [1.807, 2.05) is 35.2 Å². The van der Waals surface area contributed by atoms with E-state index in [4.69, 9.17) is 5.73 Å². The number of amides is 1. The zero-order valence-corrected chi connectivity index (χ0v) is 14.0. The van der Waals surface area contributed by atoms with Gasteiger partial charge in [-0.15, -0.1) is 10.2 Å². The third kappa shape index (κ3) is 3.97. The maximum atomic E-state index is 12.4. The molecule has 3 rings (SSSR count). The molecular formula is C17H24N6O. The maximum Gasteiger partial charge on any atom is 0.222 e. The van der Waals surface area contributed by atoms with Crippen molar-refractivity contribution in [2.45, 2.75) is 51.2 Å². The van der Waals surface area contributed by atoms with E-state index in [1.165, 1.54) is 0 Å². The minimum Gasteiger partial charge on any atom is -0.340 e. The van der Waals surface area contributed by atoms with Gasteiger partial charge in [-0.1, -0.05) is 30.3 Å². The molecule has 2 aromatic rings. The quantitative estimate of drug-likeness (QED) is 0.897. The standard InChI is InChI=1S/C17H24N6O/c1-13-12-15(18)9-11-22(13)16(24)8-5-10-23-20-17(19-21-23)14-6-3-2-4-7-14/h2-4,6-7,13,15H,5,8-12,18H2,1H3/t13-,15-/m0/s1. The molecule has 0 saturated carbocycles. The van der Waals surface area contributed by atoms with E-state index in [2.05, 4.69) is 22.3 Å². The molecule has 1 aliphatic rings. The molecule has 24 heavy (non-hydrogen) atoms. The van der Waals surface area contributed by atoms with E-state index in [-0.39, 0.29) is 18.0 Å². The third-order valence-corrected chi connectivity index (χ3v) is 4.47. The molecule has 0 spiro atoms. The highest BCUT2D eigenvalue weighted by atomic mass is 16.2. The highest BCUT2D eigenvalue weighted by molar-refractivity contribution is 5.76. The number of likely N-dealkylation sites (tertiary alicyclic amines) is 1. The van der Waals surface area contributed by atoms with E-state index < -0.39 is 0 Å². The summed E-state index contributed by atoms with van der Waals surface area (Å²) in [6, 6.07) is 10.2. The molecule has 1 aromatic heterocycles. The van der Waals surface area contributed by atoms with Gasteiger partial charge < -0.3 is 10.6 Å². The molecule has 0 bridgehead atoms. The number of carbonyl (C=O) groups is 1. The second-order valence-corrected chi connectivity index (χ2v) is 6.40. The van der Waals surface area contributed by atoms with Crippen LogP contribution in [0.15, 0.2) is 30.3 Å². The number of piperidine rings is 1. The molecular weight excluding hydrogens is 304 g/mol. The molecule has 7 nitrogen and oxygen atoms in total. The number of nitrogens with zero attached hydrogens (tertiary/aromatic N) is 5. The monoisotopic (exact) mass is 328 g/mol. The molecule has 1 amide bonds. The number of hydrogen-bond donors (Lipinski definition) is 1. The number of nitrogens with two attached hydrogens (primary N) is 1. The molecule has 128 valence electrons. The Morgan fingerprint density at radius 3 is 2.88 bits per heavy atom. The van der Waals surface area contributed by atoms with Crippen LogP contribution >= 0.6 is 0 Å². The first-order valence-electron chi connectivity index (χ1n) is 8.52. The van der Waals surface area contributed by atoms with Crippen molar-refractivity contribution >= 4 is 5.91 Å². The molecule has 1 aliphatic heterocycles. The van der Waals surface area contributed by atoms with Crippen LogP contribution in [0, 0.1) is 0 Å². The Hall–Kier alpha value is -2.28. The lowest BCUT2D eigenvalue weighted by atomic mass is 9.98. The van der Waals surface area contributed by atoms with Crippen LogP contribution in [0.1, 0.15) is 32.6 Å². The number of aromatic nitrogens is 4. The van der Waals surface area contributed by atoms with Crippen molar-refractivity contribution in [1.82, 2.24) is 25.1 Å². The fraction of sp³-hybridized carbons (Fsp3) is 0.529. The zero-order chi connectivity index (χ0) is 16.9. The fourth-order valence-corrected chi connectivity index (χ4v) is 3.14. The van der Waals surface area contributed by atoms with E-state index in [1.54, 1.807) is 4.80 Å². The van der Waals surface area contributed by atoms with Crippen LogP contribution in [0.5, 0.6) is 0 Å². The Morgan fingerprint density at radius 1 is 1.33 bits per heavy atom. The van der Waals surface area contributed by atoms with Gasteiger partial charge in [0.1, 0.15) is 0 Å². The van der Waals surface area contributed by atoms with E-state index >= 15 is 0 Å². The Balaban J connectivity index is 1.48. The van der Waals surface area contributed by atoms with Crippen LogP contribution in [0.2, 0.25) is 0 Å². The number of tetrazole rings is 1. The normalized spacial score (nSPS) is 21.0. The Bertz CT molecular complexity index is 671. The molecule has 2 N–H and O–H groups in total. The smallest absolute Gasteiger partial charge is 0.222 e. The first kappa shape index (κ1) is 16.6. The van der Waals surface area contributed by atoms with Gasteiger partial charge in [0.25, 0.3) is 0 Å². The van der Waals surface area contributed by atoms with Gasteiger partial charge in [-0.25, -0.2) is 0 Å². The summed E-state index contributed by atoms with van der Waals surface area (Å²) in [4.78, 5) is 15.9. The van der Waals surface area contributed by atoms with Gasteiger partial charge in [-0.3, -0.25) is 4.79 Å². The summed E-state index contributed by atoms with van der Waals surface area (Å²) in [5.41, 5.74) is 6.89. The van der Waals surface area contributed by atoms with Crippen LogP contribution in [-0.4, -0.2) is 49.6 Å². The summed E-state index contributed by atoms with van der Waals surface area (Å²) in [6.07, 6.45) is 2.98. The highest BCUT2D eigenvalue weighted by Crippen LogP contribution is 2.17. The van der Waals surface area contributed by atoms with Crippen LogP contribution in [-0.2, 0) is 11.3 Å². The Morgan fingerprint density at radius 2 is 2.12 bits per heavy atom. The topological polar surface area (TPSA) is 89.9 Å². The zero-order valence-electron chi connectivity index (χ0n) is 14.0. The highest BCUT2D eigenvalue weighted by Gasteiger charge is 2.26. The average molecular weight is 328 g/mol. The Kier molecular flexibility index (Phi) is 5.20. The number of benzene rings is 1. The minimum atomic E-state index is 0.192. The molecule has 1 aromatic carbocycles. The lowest BCUT2D eigenvalue weighted by molar-refractivity contribution is -0.134. The van der Waals surface area contributed by atoms with Crippen molar-refractivity contribution in [3.63, 3.8) is 0 Å². The second kappa shape index (κ2) is 7.53. The number of hydrogen-bond acceptors (Lipinski definition) is 5. The number of carbonyl (C=O) groups excluding carboxylic acids is 1. The lowest BCUT2D eigenvalue weighted by Crippen LogP contribution is -2.48. The summed E-state index contributed by atoms with van der Waals surface area (Å²) in [6.45, 7) is 3.43. The first-order valence-corrected chi connectivity index (χ1v) is 8.52. The third-order valence-electron chi connectivity index (χ3n) is 4.47. The summed E-state index contributed by atoms with van der Waals surface area (Å²) in [5.74, 6) is 0.804. The molecule has 0 radical (unpaired) electrons. The molecule has 0 aliphatic carbocycles. The van der Waals surface area contributed by atoms with Crippen LogP contribution < -0.4 is 5.73 Å².